The summed E-state index contributed by atoms with van der Waals surface area (Å²) >= 11 is 0. The van der Waals surface area contributed by atoms with Crippen LogP contribution in [0.25, 0.3) is 0 Å². The van der Waals surface area contributed by atoms with Crippen LogP contribution in [0.15, 0.2) is 0 Å². The fourth-order valence-corrected chi connectivity index (χ4v) is 7.15. The molecule has 0 fully saturated rings. The summed E-state index contributed by atoms with van der Waals surface area (Å²) in [5, 5.41) is 0. The maximum atomic E-state index is 10.3. The van der Waals surface area contributed by atoms with Gasteiger partial charge in [0.1, 0.15) is 0 Å². The van der Waals surface area contributed by atoms with Gasteiger partial charge in [-0.05, 0) is 19.6 Å². The zero-order valence-corrected chi connectivity index (χ0v) is 11.1. The van der Waals surface area contributed by atoms with Crippen LogP contribution in [0.2, 0.25) is 19.6 Å². The van der Waals surface area contributed by atoms with Crippen LogP contribution < -0.4 is 0 Å². The standard InChI is InChI=1S/C7H20O4PSi/c1-9-7(10-2)12(8,11-3)13(4,5)6/h7-8H,1-6H3/q+1. The van der Waals surface area contributed by atoms with Crippen molar-refractivity contribution < 1.29 is 18.9 Å². The molecule has 0 saturated carbocycles. The van der Waals surface area contributed by atoms with Crippen molar-refractivity contribution in [2.45, 2.75) is 25.7 Å². The Morgan fingerprint density at radius 2 is 1.46 bits per heavy atom. The molecular weight excluding hydrogens is 207 g/mol. The monoisotopic (exact) mass is 227 g/mol. The predicted octanol–water partition coefficient (Wildman–Crippen LogP) is 1.88. The largest absolute Gasteiger partial charge is 0.322 e. The van der Waals surface area contributed by atoms with Crippen LogP contribution in [-0.4, -0.2) is 40.0 Å². The lowest BCUT2D eigenvalue weighted by atomic mass is 11.3. The van der Waals surface area contributed by atoms with Crippen LogP contribution in [0, 0.1) is 0 Å². The van der Waals surface area contributed by atoms with Gasteiger partial charge >= 0.3 is 6.03 Å². The van der Waals surface area contributed by atoms with Crippen molar-refractivity contribution in [1.29, 1.82) is 0 Å². The first-order valence-electron chi connectivity index (χ1n) is 4.06. The molecule has 0 saturated heterocycles. The topological polar surface area (TPSA) is 47.9 Å². The summed E-state index contributed by atoms with van der Waals surface area (Å²) in [4.78, 5) is 10.3. The minimum atomic E-state index is -2.55. The highest BCUT2D eigenvalue weighted by Crippen LogP contribution is 2.67. The number of methoxy groups -OCH3 is 2. The van der Waals surface area contributed by atoms with Gasteiger partial charge in [0.25, 0.3) is 15.0 Å². The van der Waals surface area contributed by atoms with Crippen molar-refractivity contribution in [3.8, 4) is 0 Å². The molecule has 0 aromatic heterocycles. The smallest absolute Gasteiger partial charge is 0.316 e. The first-order valence-corrected chi connectivity index (χ1v) is 10.1. The Morgan fingerprint density at radius 1 is 1.08 bits per heavy atom. The molecule has 0 rings (SSSR count). The van der Waals surface area contributed by atoms with Crippen LogP contribution in [0.5, 0.6) is 0 Å². The van der Waals surface area contributed by atoms with Gasteiger partial charge in [0.15, 0.2) is 0 Å². The predicted molar refractivity (Wildman–Crippen MR) is 57.3 cm³/mol. The average molecular weight is 227 g/mol. The van der Waals surface area contributed by atoms with E-state index < -0.39 is 21.0 Å². The maximum Gasteiger partial charge on any atom is 0.316 e. The molecule has 0 aromatic carbocycles. The summed E-state index contributed by atoms with van der Waals surface area (Å²) in [6, 6.07) is -0.621. The quantitative estimate of drug-likeness (QED) is 0.442. The van der Waals surface area contributed by atoms with Gasteiger partial charge in [0.2, 0.25) is 0 Å². The van der Waals surface area contributed by atoms with Crippen molar-refractivity contribution in [3.63, 3.8) is 0 Å². The first kappa shape index (κ1) is 13.5. The third-order valence-electron chi connectivity index (χ3n) is 1.93. The molecule has 0 spiro atoms. The molecule has 1 atom stereocenters. The Balaban J connectivity index is 4.80. The van der Waals surface area contributed by atoms with Crippen molar-refractivity contribution in [3.05, 3.63) is 0 Å². The van der Waals surface area contributed by atoms with Gasteiger partial charge in [0, 0.05) is 14.2 Å². The van der Waals surface area contributed by atoms with Crippen LogP contribution >= 0.6 is 7.26 Å². The zero-order valence-electron chi connectivity index (χ0n) is 9.20. The lowest BCUT2D eigenvalue weighted by Gasteiger charge is -2.31. The lowest BCUT2D eigenvalue weighted by Crippen LogP contribution is -2.35. The highest BCUT2D eigenvalue weighted by Gasteiger charge is 2.60. The molecule has 0 aliphatic carbocycles. The van der Waals surface area contributed by atoms with Gasteiger partial charge in [-0.1, -0.05) is 0 Å². The number of hydrogen-bond acceptors (Lipinski definition) is 4. The molecule has 0 radical (unpaired) electrons. The number of ether oxygens (including phenoxy) is 2. The van der Waals surface area contributed by atoms with Crippen molar-refractivity contribution >= 4 is 15.0 Å². The van der Waals surface area contributed by atoms with E-state index in [0.717, 1.165) is 0 Å². The SMILES string of the molecule is COC(OC)[P+](O)(OC)[Si](C)(C)C. The summed E-state index contributed by atoms with van der Waals surface area (Å²) in [6.07, 6.45) is 0. The molecule has 80 valence electrons. The van der Waals surface area contributed by atoms with Gasteiger partial charge in [-0.15, -0.1) is 0 Å². The summed E-state index contributed by atoms with van der Waals surface area (Å²) in [7, 11) is 0.164. The normalized spacial score (nSPS) is 17.5. The Kier molecular flexibility index (Phi) is 5.00. The van der Waals surface area contributed by atoms with E-state index in [1.165, 1.54) is 21.3 Å². The Hall–Kier alpha value is 0.487. The molecule has 0 bridgehead atoms. The van der Waals surface area contributed by atoms with Crippen molar-refractivity contribution in [2.75, 3.05) is 21.3 Å². The second kappa shape index (κ2) is 4.82. The van der Waals surface area contributed by atoms with Crippen LogP contribution in [0.1, 0.15) is 0 Å². The van der Waals surface area contributed by atoms with E-state index in [4.69, 9.17) is 14.0 Å². The third-order valence-corrected chi connectivity index (χ3v) is 12.3. The van der Waals surface area contributed by atoms with Gasteiger partial charge < -0.3 is 9.47 Å². The molecule has 0 amide bonds. The molecule has 0 aliphatic rings. The fraction of sp³-hybridized carbons (Fsp3) is 1.00. The summed E-state index contributed by atoms with van der Waals surface area (Å²) in [5.74, 6) is 0. The van der Waals surface area contributed by atoms with Gasteiger partial charge in [0.05, 0.1) is 7.11 Å². The van der Waals surface area contributed by atoms with E-state index in [9.17, 15) is 4.89 Å². The molecular formula is C7H20O4PSi+. The Labute approximate surface area is 81.6 Å². The Morgan fingerprint density at radius 3 is 1.54 bits per heavy atom. The molecule has 1 N–H and O–H groups in total. The highest BCUT2D eigenvalue weighted by atomic mass is 31.5. The molecule has 0 aliphatic heterocycles. The van der Waals surface area contributed by atoms with Crippen molar-refractivity contribution in [1.82, 2.24) is 0 Å². The third kappa shape index (κ3) is 2.72. The highest BCUT2D eigenvalue weighted by molar-refractivity contribution is 8.00. The van der Waals surface area contributed by atoms with E-state index in [-0.39, 0.29) is 0 Å². The molecule has 6 heteroatoms. The number of rotatable bonds is 5. The lowest BCUT2D eigenvalue weighted by molar-refractivity contribution is -0.0533. The Bertz CT molecular complexity index is 157. The fourth-order valence-electron chi connectivity index (χ4n) is 1.06. The van der Waals surface area contributed by atoms with Crippen LogP contribution in [0.4, 0.5) is 0 Å². The number of hydrogen-bond donors (Lipinski definition) is 1. The first-order chi connectivity index (χ1) is 5.83. The van der Waals surface area contributed by atoms with E-state index in [1.54, 1.807) is 0 Å². The van der Waals surface area contributed by atoms with E-state index in [1.807, 2.05) is 19.6 Å². The molecule has 0 aromatic rings. The van der Waals surface area contributed by atoms with Gasteiger partial charge in [-0.25, -0.2) is 9.42 Å². The van der Waals surface area contributed by atoms with Crippen LogP contribution in [0.3, 0.4) is 0 Å². The average Bonchev–Trinajstić information content (AvgIpc) is 2.04. The summed E-state index contributed by atoms with van der Waals surface area (Å²) < 4.78 is 15.4. The summed E-state index contributed by atoms with van der Waals surface area (Å²) in [6.45, 7) is 6.11. The second-order valence-corrected chi connectivity index (χ2v) is 16.1. The summed E-state index contributed by atoms with van der Waals surface area (Å²) in [5.41, 5.74) is 0. The van der Waals surface area contributed by atoms with Gasteiger partial charge in [-0.2, -0.15) is 0 Å². The minimum Gasteiger partial charge on any atom is -0.322 e. The maximum absolute atomic E-state index is 10.3. The molecule has 0 heterocycles. The minimum absolute atomic E-state index is 0.621. The molecule has 4 nitrogen and oxygen atoms in total. The van der Waals surface area contributed by atoms with Crippen molar-refractivity contribution in [2.24, 2.45) is 0 Å². The zero-order chi connectivity index (χ0) is 10.7. The van der Waals surface area contributed by atoms with E-state index in [0.29, 0.717) is 0 Å². The van der Waals surface area contributed by atoms with E-state index >= 15 is 0 Å². The van der Waals surface area contributed by atoms with Gasteiger partial charge in [-0.3, -0.25) is 0 Å². The second-order valence-electron chi connectivity index (χ2n) is 3.75. The van der Waals surface area contributed by atoms with Crippen LogP contribution in [-0.2, 0) is 14.0 Å². The van der Waals surface area contributed by atoms with E-state index in [2.05, 4.69) is 0 Å². The molecule has 1 unspecified atom stereocenters. The molecule has 13 heavy (non-hydrogen) atoms.